The number of amides is 3. The third kappa shape index (κ3) is 4.28. The Morgan fingerprint density at radius 2 is 1.78 bits per heavy atom. The number of carbonyl (C=O) groups is 2. The molecule has 2 atom stereocenters. The molecule has 1 spiro atoms. The van der Waals surface area contributed by atoms with E-state index in [1.165, 1.54) is 26.5 Å². The van der Waals surface area contributed by atoms with Crippen molar-refractivity contribution >= 4 is 43.4 Å². The predicted molar refractivity (Wildman–Crippen MR) is 121 cm³/mol. The molecule has 194 valence electrons. The Hall–Kier alpha value is -3.24. The third-order valence-corrected chi connectivity index (χ3v) is 8.97. The molecule has 3 amide bonds. The van der Waals surface area contributed by atoms with Gasteiger partial charge in [-0.3, -0.25) is 14.5 Å². The number of urea groups is 1. The standard InChI is InChI=1S/C20H20F3N5O6S2/c1-27(2)36(33,34)26-16-11-24-8-7-12(16)9-13-10-19(13)17(29)28(18(30)25-19)14-3-5-15(6-4-14)35(31,32)20(21,22)23/h3-8,11,13,26H,9-10H2,1-2H3,(H,25,30). The van der Waals surface area contributed by atoms with Crippen LogP contribution >= 0.6 is 0 Å². The van der Waals surface area contributed by atoms with Crippen LogP contribution in [-0.2, 0) is 31.3 Å². The molecule has 1 aliphatic heterocycles. The summed E-state index contributed by atoms with van der Waals surface area (Å²) in [6, 6.07) is 4.02. The van der Waals surface area contributed by atoms with E-state index in [0.717, 1.165) is 21.3 Å². The van der Waals surface area contributed by atoms with Gasteiger partial charge in [0.25, 0.3) is 15.7 Å². The van der Waals surface area contributed by atoms with E-state index in [2.05, 4.69) is 15.0 Å². The molecule has 1 saturated carbocycles. The minimum absolute atomic E-state index is 0.0931. The maximum Gasteiger partial charge on any atom is 0.501 e. The minimum Gasteiger partial charge on any atom is -0.322 e. The summed E-state index contributed by atoms with van der Waals surface area (Å²) in [6.45, 7) is 0. The number of sulfone groups is 1. The van der Waals surface area contributed by atoms with Crippen LogP contribution in [0, 0.1) is 5.92 Å². The zero-order valence-corrected chi connectivity index (χ0v) is 20.4. The predicted octanol–water partition coefficient (Wildman–Crippen LogP) is 1.65. The fourth-order valence-electron chi connectivity index (χ4n) is 3.91. The van der Waals surface area contributed by atoms with Gasteiger partial charge in [0, 0.05) is 20.3 Å². The van der Waals surface area contributed by atoms with Gasteiger partial charge < -0.3 is 5.32 Å². The van der Waals surface area contributed by atoms with Crippen molar-refractivity contribution in [2.45, 2.75) is 28.8 Å². The Bertz CT molecular complexity index is 1440. The molecule has 2 aromatic rings. The number of hydrogen-bond acceptors (Lipinski definition) is 7. The average Bonchev–Trinajstić information content (AvgIpc) is 3.40. The van der Waals surface area contributed by atoms with Crippen LogP contribution in [0.1, 0.15) is 12.0 Å². The molecular formula is C20H20F3N5O6S2. The van der Waals surface area contributed by atoms with Gasteiger partial charge in [-0.05, 0) is 54.7 Å². The van der Waals surface area contributed by atoms with E-state index in [-0.39, 0.29) is 24.2 Å². The Balaban J connectivity index is 1.53. The summed E-state index contributed by atoms with van der Waals surface area (Å²) in [7, 11) is -6.70. The van der Waals surface area contributed by atoms with Crippen LogP contribution in [-0.4, -0.2) is 63.2 Å². The van der Waals surface area contributed by atoms with Gasteiger partial charge in [0.05, 0.1) is 22.5 Å². The molecule has 4 rings (SSSR count). The molecule has 1 saturated heterocycles. The molecule has 1 aromatic heterocycles. The zero-order chi connectivity index (χ0) is 26.7. The molecule has 2 heterocycles. The van der Waals surface area contributed by atoms with Crippen LogP contribution in [0.3, 0.4) is 0 Å². The highest BCUT2D eigenvalue weighted by atomic mass is 32.2. The topological polar surface area (TPSA) is 146 Å². The summed E-state index contributed by atoms with van der Waals surface area (Å²) in [4.78, 5) is 29.4. The second kappa shape index (κ2) is 8.41. The van der Waals surface area contributed by atoms with Crippen LogP contribution in [0.15, 0.2) is 47.6 Å². The van der Waals surface area contributed by atoms with Gasteiger partial charge in [-0.1, -0.05) is 0 Å². The largest absolute Gasteiger partial charge is 0.501 e. The lowest BCUT2D eigenvalue weighted by Gasteiger charge is -2.16. The highest BCUT2D eigenvalue weighted by Crippen LogP contribution is 2.50. The normalized spacial score (nSPS) is 22.3. The van der Waals surface area contributed by atoms with Crippen LogP contribution in [0.2, 0.25) is 0 Å². The number of nitrogens with zero attached hydrogens (tertiary/aromatic N) is 3. The molecule has 0 bridgehead atoms. The fraction of sp³-hybridized carbons (Fsp3) is 0.350. The van der Waals surface area contributed by atoms with Crippen molar-refractivity contribution in [2.24, 2.45) is 5.92 Å². The average molecular weight is 548 g/mol. The van der Waals surface area contributed by atoms with Crippen molar-refractivity contribution in [3.8, 4) is 0 Å². The number of rotatable bonds is 7. The number of imide groups is 1. The van der Waals surface area contributed by atoms with Gasteiger partial charge >= 0.3 is 21.7 Å². The van der Waals surface area contributed by atoms with Crippen molar-refractivity contribution in [1.29, 1.82) is 0 Å². The fourth-order valence-corrected chi connectivity index (χ4v) is 5.32. The summed E-state index contributed by atoms with van der Waals surface area (Å²) >= 11 is 0. The van der Waals surface area contributed by atoms with Gasteiger partial charge in [-0.2, -0.15) is 25.9 Å². The molecule has 16 heteroatoms. The number of hydrogen-bond donors (Lipinski definition) is 2. The molecule has 0 radical (unpaired) electrons. The lowest BCUT2D eigenvalue weighted by atomic mass is 10.0. The molecule has 2 fully saturated rings. The first-order valence-electron chi connectivity index (χ1n) is 10.3. The van der Waals surface area contributed by atoms with Gasteiger partial charge in [0.2, 0.25) is 0 Å². The monoisotopic (exact) mass is 547 g/mol. The smallest absolute Gasteiger partial charge is 0.322 e. The zero-order valence-electron chi connectivity index (χ0n) is 18.8. The van der Waals surface area contributed by atoms with Crippen molar-refractivity contribution in [3.63, 3.8) is 0 Å². The second-order valence-corrected chi connectivity index (χ2v) is 12.3. The van der Waals surface area contributed by atoms with Gasteiger partial charge in [0.15, 0.2) is 0 Å². The summed E-state index contributed by atoms with van der Waals surface area (Å²) in [5, 5.41) is 2.60. The molecule has 11 nitrogen and oxygen atoms in total. The Kier molecular flexibility index (Phi) is 6.04. The first-order chi connectivity index (χ1) is 16.6. The lowest BCUT2D eigenvalue weighted by molar-refractivity contribution is -0.119. The van der Waals surface area contributed by atoms with E-state index >= 15 is 0 Å². The van der Waals surface area contributed by atoms with Crippen LogP contribution in [0.5, 0.6) is 0 Å². The Morgan fingerprint density at radius 3 is 2.36 bits per heavy atom. The number of pyridine rings is 1. The minimum atomic E-state index is -5.58. The van der Waals surface area contributed by atoms with Crippen molar-refractivity contribution in [3.05, 3.63) is 48.3 Å². The molecule has 1 aliphatic carbocycles. The molecule has 36 heavy (non-hydrogen) atoms. The molecular weight excluding hydrogens is 527 g/mol. The summed E-state index contributed by atoms with van der Waals surface area (Å²) in [5.74, 6) is -1.04. The van der Waals surface area contributed by atoms with Gasteiger partial charge in [-0.25, -0.2) is 18.1 Å². The van der Waals surface area contributed by atoms with E-state index in [1.807, 2.05) is 0 Å². The van der Waals surface area contributed by atoms with Crippen molar-refractivity contribution < 1.29 is 39.6 Å². The maximum absolute atomic E-state index is 13.2. The van der Waals surface area contributed by atoms with E-state index in [4.69, 9.17) is 0 Å². The number of halogens is 3. The first kappa shape index (κ1) is 25.8. The molecule has 2 unspecified atom stereocenters. The van der Waals surface area contributed by atoms with E-state index < -0.39 is 53.8 Å². The first-order valence-corrected chi connectivity index (χ1v) is 13.2. The SMILES string of the molecule is CN(C)S(=O)(=O)Nc1cnccc1CC1CC12NC(=O)N(c1ccc(S(=O)(=O)C(F)(F)F)cc1)C2=O. The molecule has 1 aromatic carbocycles. The second-order valence-electron chi connectivity index (χ2n) is 8.51. The third-order valence-electron chi connectivity index (χ3n) is 6.03. The molecule has 2 aliphatic rings. The number of anilines is 2. The van der Waals surface area contributed by atoms with Crippen molar-refractivity contribution in [1.82, 2.24) is 14.6 Å². The van der Waals surface area contributed by atoms with E-state index in [1.54, 1.807) is 6.07 Å². The summed E-state index contributed by atoms with van der Waals surface area (Å²) in [6.07, 6.45) is 3.24. The van der Waals surface area contributed by atoms with E-state index in [0.29, 0.717) is 17.7 Å². The maximum atomic E-state index is 13.2. The van der Waals surface area contributed by atoms with Crippen LogP contribution in [0.25, 0.3) is 0 Å². The lowest BCUT2D eigenvalue weighted by Crippen LogP contribution is -2.35. The number of benzene rings is 1. The van der Waals surface area contributed by atoms with E-state index in [9.17, 15) is 39.6 Å². The van der Waals surface area contributed by atoms with Crippen LogP contribution < -0.4 is 14.9 Å². The van der Waals surface area contributed by atoms with Crippen LogP contribution in [0.4, 0.5) is 29.3 Å². The number of alkyl halides is 3. The Morgan fingerprint density at radius 1 is 1.14 bits per heavy atom. The summed E-state index contributed by atoms with van der Waals surface area (Å²) in [5.41, 5.74) is -6.10. The summed E-state index contributed by atoms with van der Waals surface area (Å²) < 4.78 is 89.2. The highest BCUT2D eigenvalue weighted by molar-refractivity contribution is 7.92. The quantitative estimate of drug-likeness (QED) is 0.501. The number of nitrogens with one attached hydrogen (secondary N) is 2. The number of carbonyl (C=O) groups excluding carboxylic acids is 2. The van der Waals surface area contributed by atoms with Gasteiger partial charge in [-0.15, -0.1) is 0 Å². The molecule has 2 N–H and O–H groups in total. The highest BCUT2D eigenvalue weighted by Gasteiger charge is 2.67. The van der Waals surface area contributed by atoms with Crippen molar-refractivity contribution in [2.75, 3.05) is 23.7 Å². The van der Waals surface area contributed by atoms with Gasteiger partial charge in [0.1, 0.15) is 5.54 Å². The Labute approximate surface area is 204 Å². The number of aromatic nitrogens is 1.